The minimum absolute atomic E-state index is 0.125. The molecular formula is C20H21N3OS. The maximum Gasteiger partial charge on any atom is 0.264 e. The summed E-state index contributed by atoms with van der Waals surface area (Å²) < 4.78 is 0. The second kappa shape index (κ2) is 6.48. The molecule has 1 aliphatic heterocycles. The Bertz CT molecular complexity index is 911. The van der Waals surface area contributed by atoms with Gasteiger partial charge in [0.25, 0.3) is 5.91 Å². The monoisotopic (exact) mass is 351 g/mol. The van der Waals surface area contributed by atoms with Crippen molar-refractivity contribution in [2.45, 2.75) is 32.7 Å². The number of nitrogens with one attached hydrogen (secondary N) is 1. The molecule has 5 heteroatoms. The Morgan fingerprint density at radius 1 is 1.24 bits per heavy atom. The molecule has 1 aliphatic rings. The van der Waals surface area contributed by atoms with E-state index in [0.717, 1.165) is 41.1 Å². The van der Waals surface area contributed by atoms with Crippen molar-refractivity contribution >= 4 is 17.2 Å². The zero-order valence-corrected chi connectivity index (χ0v) is 15.3. The first-order valence-electron chi connectivity index (χ1n) is 8.61. The van der Waals surface area contributed by atoms with Crippen LogP contribution >= 0.6 is 11.3 Å². The minimum Gasteiger partial charge on any atom is -0.331 e. The van der Waals surface area contributed by atoms with E-state index in [0.29, 0.717) is 0 Å². The number of aromatic amines is 1. The third-order valence-corrected chi connectivity index (χ3v) is 6.01. The van der Waals surface area contributed by atoms with Gasteiger partial charge in [-0.15, -0.1) is 11.3 Å². The summed E-state index contributed by atoms with van der Waals surface area (Å²) in [5, 5.41) is 9.18. The summed E-state index contributed by atoms with van der Waals surface area (Å²) >= 11 is 1.54. The third-order valence-electron chi connectivity index (χ3n) is 5.01. The van der Waals surface area contributed by atoms with Crippen molar-refractivity contribution in [2.24, 2.45) is 0 Å². The van der Waals surface area contributed by atoms with Gasteiger partial charge in [-0.25, -0.2) is 0 Å². The van der Waals surface area contributed by atoms with E-state index in [1.54, 1.807) is 0 Å². The minimum atomic E-state index is 0.125. The predicted molar refractivity (Wildman–Crippen MR) is 101 cm³/mol. The number of rotatable bonds is 3. The Morgan fingerprint density at radius 3 is 2.80 bits per heavy atom. The lowest BCUT2D eigenvalue weighted by Crippen LogP contribution is -2.30. The highest BCUT2D eigenvalue weighted by molar-refractivity contribution is 7.12. The van der Waals surface area contributed by atoms with Gasteiger partial charge in [0, 0.05) is 17.8 Å². The third kappa shape index (κ3) is 2.78. The van der Waals surface area contributed by atoms with Gasteiger partial charge < -0.3 is 4.90 Å². The number of aromatic nitrogens is 2. The maximum absolute atomic E-state index is 13.1. The first-order chi connectivity index (χ1) is 12.2. The van der Waals surface area contributed by atoms with Gasteiger partial charge in [-0.1, -0.05) is 24.3 Å². The van der Waals surface area contributed by atoms with E-state index in [4.69, 9.17) is 0 Å². The van der Waals surface area contributed by atoms with Crippen LogP contribution in [0.5, 0.6) is 0 Å². The molecule has 1 atom stereocenters. The van der Waals surface area contributed by atoms with Crippen LogP contribution in [0.3, 0.4) is 0 Å². The molecule has 0 radical (unpaired) electrons. The number of carbonyl (C=O) groups is 1. The van der Waals surface area contributed by atoms with E-state index in [1.807, 2.05) is 36.4 Å². The molecule has 3 aromatic rings. The van der Waals surface area contributed by atoms with E-state index >= 15 is 0 Å². The molecule has 4 rings (SSSR count). The van der Waals surface area contributed by atoms with Crippen molar-refractivity contribution in [1.82, 2.24) is 15.1 Å². The van der Waals surface area contributed by atoms with Gasteiger partial charge in [0.2, 0.25) is 0 Å². The summed E-state index contributed by atoms with van der Waals surface area (Å²) in [5.74, 6) is 0.161. The van der Waals surface area contributed by atoms with Crippen LogP contribution < -0.4 is 0 Å². The quantitative estimate of drug-likeness (QED) is 0.741. The van der Waals surface area contributed by atoms with Crippen LogP contribution in [0.4, 0.5) is 0 Å². The van der Waals surface area contributed by atoms with Crippen LogP contribution in [0, 0.1) is 13.8 Å². The highest BCUT2D eigenvalue weighted by Crippen LogP contribution is 2.39. The highest BCUT2D eigenvalue weighted by atomic mass is 32.1. The van der Waals surface area contributed by atoms with E-state index in [2.05, 4.69) is 34.5 Å². The number of nitrogens with zero attached hydrogens (tertiary/aromatic N) is 2. The largest absolute Gasteiger partial charge is 0.331 e. The van der Waals surface area contributed by atoms with Crippen molar-refractivity contribution in [2.75, 3.05) is 6.54 Å². The standard InChI is InChI=1S/C20H21N3OS/c1-13-9-11-25-19(13)20(24)23-10-5-8-18(23)16-7-4-3-6-15(16)17-12-21-22-14(17)2/h3-4,6-7,9,11-12,18H,5,8,10H2,1-2H3,(H,21,22)/t18-/m1/s1. The number of amides is 1. The lowest BCUT2D eigenvalue weighted by molar-refractivity contribution is 0.0740. The fourth-order valence-electron chi connectivity index (χ4n) is 3.71. The van der Waals surface area contributed by atoms with Crippen LogP contribution in [0.15, 0.2) is 41.9 Å². The summed E-state index contributed by atoms with van der Waals surface area (Å²) in [6, 6.07) is 10.5. The molecule has 4 nitrogen and oxygen atoms in total. The summed E-state index contributed by atoms with van der Waals surface area (Å²) in [4.78, 5) is 16.0. The molecule has 128 valence electrons. The first-order valence-corrected chi connectivity index (χ1v) is 9.49. The first kappa shape index (κ1) is 16.1. The fourth-order valence-corrected chi connectivity index (χ4v) is 4.59. The molecule has 2 aromatic heterocycles. The van der Waals surface area contributed by atoms with Crippen LogP contribution in [0.2, 0.25) is 0 Å². The van der Waals surface area contributed by atoms with Crippen LogP contribution in [0.25, 0.3) is 11.1 Å². The van der Waals surface area contributed by atoms with Gasteiger partial charge in [-0.3, -0.25) is 9.89 Å². The normalized spacial score (nSPS) is 17.2. The number of H-pyrrole nitrogens is 1. The van der Waals surface area contributed by atoms with Gasteiger partial charge in [0.05, 0.1) is 17.1 Å². The Morgan fingerprint density at radius 2 is 2.08 bits per heavy atom. The van der Waals surface area contributed by atoms with Crippen LogP contribution in [0.1, 0.15) is 45.4 Å². The van der Waals surface area contributed by atoms with Crippen LogP contribution in [-0.4, -0.2) is 27.5 Å². The van der Waals surface area contributed by atoms with Gasteiger partial charge >= 0.3 is 0 Å². The molecular weight excluding hydrogens is 330 g/mol. The van der Waals surface area contributed by atoms with Gasteiger partial charge in [0.15, 0.2) is 0 Å². The van der Waals surface area contributed by atoms with Crippen molar-refractivity contribution in [3.05, 3.63) is 63.6 Å². The highest BCUT2D eigenvalue weighted by Gasteiger charge is 2.33. The molecule has 0 aliphatic carbocycles. The summed E-state index contributed by atoms with van der Waals surface area (Å²) in [5.41, 5.74) is 5.62. The van der Waals surface area contributed by atoms with Crippen molar-refractivity contribution in [3.63, 3.8) is 0 Å². The smallest absolute Gasteiger partial charge is 0.264 e. The summed E-state index contributed by atoms with van der Waals surface area (Å²) in [7, 11) is 0. The number of carbonyl (C=O) groups excluding carboxylic acids is 1. The molecule has 1 aromatic carbocycles. The Balaban J connectivity index is 1.74. The molecule has 0 unspecified atom stereocenters. The Kier molecular flexibility index (Phi) is 4.17. The zero-order valence-electron chi connectivity index (χ0n) is 14.5. The molecule has 3 heterocycles. The Hall–Kier alpha value is -2.40. The topological polar surface area (TPSA) is 49.0 Å². The fraction of sp³-hybridized carbons (Fsp3) is 0.300. The predicted octanol–water partition coefficient (Wildman–Crippen LogP) is 4.73. The van der Waals surface area contributed by atoms with Crippen molar-refractivity contribution < 1.29 is 4.79 Å². The van der Waals surface area contributed by atoms with E-state index in [9.17, 15) is 4.79 Å². The lowest BCUT2D eigenvalue weighted by atomic mass is 9.94. The molecule has 1 saturated heterocycles. The van der Waals surface area contributed by atoms with E-state index in [1.165, 1.54) is 22.5 Å². The van der Waals surface area contributed by atoms with Gasteiger partial charge in [-0.05, 0) is 54.8 Å². The maximum atomic E-state index is 13.1. The molecule has 1 amide bonds. The summed E-state index contributed by atoms with van der Waals surface area (Å²) in [6.45, 7) is 4.86. The number of aryl methyl sites for hydroxylation is 2. The van der Waals surface area contributed by atoms with Crippen LogP contribution in [-0.2, 0) is 0 Å². The zero-order chi connectivity index (χ0) is 17.4. The van der Waals surface area contributed by atoms with Gasteiger partial charge in [0.1, 0.15) is 0 Å². The second-order valence-corrected chi connectivity index (χ2v) is 7.50. The number of thiophene rings is 1. The molecule has 0 bridgehead atoms. The second-order valence-electron chi connectivity index (χ2n) is 6.59. The number of hydrogen-bond donors (Lipinski definition) is 1. The lowest BCUT2D eigenvalue weighted by Gasteiger charge is -2.26. The average Bonchev–Trinajstić information content (AvgIpc) is 3.35. The molecule has 1 N–H and O–H groups in total. The van der Waals surface area contributed by atoms with E-state index < -0.39 is 0 Å². The summed E-state index contributed by atoms with van der Waals surface area (Å²) in [6.07, 6.45) is 3.92. The number of benzene rings is 1. The van der Waals surface area contributed by atoms with Crippen molar-refractivity contribution in [3.8, 4) is 11.1 Å². The molecule has 0 saturated carbocycles. The molecule has 0 spiro atoms. The Labute approximate surface area is 151 Å². The number of likely N-dealkylation sites (tertiary alicyclic amines) is 1. The van der Waals surface area contributed by atoms with E-state index in [-0.39, 0.29) is 11.9 Å². The molecule has 25 heavy (non-hydrogen) atoms. The SMILES string of the molecule is Cc1ccsc1C(=O)N1CCC[C@@H]1c1ccccc1-c1cn[nH]c1C. The average molecular weight is 351 g/mol. The number of hydrogen-bond acceptors (Lipinski definition) is 3. The molecule has 1 fully saturated rings. The van der Waals surface area contributed by atoms with Gasteiger partial charge in [-0.2, -0.15) is 5.10 Å². The van der Waals surface area contributed by atoms with Crippen molar-refractivity contribution in [1.29, 1.82) is 0 Å².